The van der Waals surface area contributed by atoms with E-state index in [0.717, 1.165) is 19.3 Å². The molecule has 1 atom stereocenters. The minimum Gasteiger partial charge on any atom is -0.481 e. The number of rotatable bonds is 19. The number of allylic oxidation sites excluding steroid dienone is 2. The molecule has 0 heterocycles. The monoisotopic (exact) mass is 368 g/mol. The van der Waals surface area contributed by atoms with Gasteiger partial charge in [0.2, 0.25) is 0 Å². The van der Waals surface area contributed by atoms with Gasteiger partial charge < -0.3 is 10.2 Å². The molecule has 0 bridgehead atoms. The molecule has 0 saturated carbocycles. The highest BCUT2D eigenvalue weighted by atomic mass is 16.4. The van der Waals surface area contributed by atoms with Gasteiger partial charge in [-0.2, -0.15) is 0 Å². The fourth-order valence-electron chi connectivity index (χ4n) is 3.16. The summed E-state index contributed by atoms with van der Waals surface area (Å²) in [4.78, 5) is 21.6. The summed E-state index contributed by atoms with van der Waals surface area (Å²) in [5.41, 5.74) is 0. The largest absolute Gasteiger partial charge is 0.481 e. The number of carboxylic acids is 2. The van der Waals surface area contributed by atoms with Crippen molar-refractivity contribution in [1.82, 2.24) is 0 Å². The average Bonchev–Trinajstić information content (AvgIpc) is 2.59. The van der Waals surface area contributed by atoms with Crippen LogP contribution in [0.3, 0.4) is 0 Å². The molecule has 0 rings (SSSR count). The Labute approximate surface area is 160 Å². The first-order chi connectivity index (χ1) is 12.6. The number of aliphatic carboxylic acids is 2. The Morgan fingerprint density at radius 3 is 1.65 bits per heavy atom. The van der Waals surface area contributed by atoms with Gasteiger partial charge in [0.15, 0.2) is 0 Å². The molecular weight excluding hydrogens is 328 g/mol. The van der Waals surface area contributed by atoms with Gasteiger partial charge in [0.25, 0.3) is 0 Å². The summed E-state index contributed by atoms with van der Waals surface area (Å²) in [6.07, 6.45) is 21.9. The number of hydrogen-bond donors (Lipinski definition) is 2. The van der Waals surface area contributed by atoms with E-state index < -0.39 is 17.9 Å². The van der Waals surface area contributed by atoms with Gasteiger partial charge in [-0.15, -0.1) is 0 Å². The van der Waals surface area contributed by atoms with Crippen LogP contribution in [0.4, 0.5) is 0 Å². The predicted molar refractivity (Wildman–Crippen MR) is 107 cm³/mol. The van der Waals surface area contributed by atoms with Crippen molar-refractivity contribution in [2.45, 2.75) is 110 Å². The molecule has 0 aromatic heterocycles. The van der Waals surface area contributed by atoms with Crippen LogP contribution in [0.1, 0.15) is 110 Å². The van der Waals surface area contributed by atoms with Gasteiger partial charge >= 0.3 is 11.9 Å². The lowest BCUT2D eigenvalue weighted by molar-refractivity contribution is -0.148. The van der Waals surface area contributed by atoms with E-state index in [2.05, 4.69) is 19.1 Å². The van der Waals surface area contributed by atoms with Crippen molar-refractivity contribution in [1.29, 1.82) is 0 Å². The van der Waals surface area contributed by atoms with E-state index in [1.54, 1.807) is 0 Å². The first-order valence-electron chi connectivity index (χ1n) is 10.7. The molecule has 0 aliphatic heterocycles. The van der Waals surface area contributed by atoms with Gasteiger partial charge in [-0.05, 0) is 32.1 Å². The smallest absolute Gasteiger partial charge is 0.307 e. The quantitative estimate of drug-likeness (QED) is 0.199. The highest BCUT2D eigenvalue weighted by molar-refractivity contribution is 5.77. The fraction of sp³-hybridized carbons (Fsp3) is 0.818. The molecule has 0 aliphatic rings. The molecule has 0 radical (unpaired) electrons. The molecule has 2 N–H and O–H groups in total. The standard InChI is InChI=1S/C22H40O4/c1-2-3-4-5-6-7-8-9-10-11-12-13-14-15-16-17-18-20(22(25)26)19-21(23)24/h7-8,20H,2-6,9-19H2,1H3,(H,23,24)(H,25,26). The summed E-state index contributed by atoms with van der Waals surface area (Å²) in [6, 6.07) is 0. The van der Waals surface area contributed by atoms with Gasteiger partial charge in [-0.25, -0.2) is 0 Å². The Kier molecular flexibility index (Phi) is 17.5. The summed E-state index contributed by atoms with van der Waals surface area (Å²) in [5, 5.41) is 17.7. The van der Waals surface area contributed by atoms with Crippen LogP contribution in [-0.4, -0.2) is 22.2 Å². The second-order valence-electron chi connectivity index (χ2n) is 7.36. The van der Waals surface area contributed by atoms with E-state index in [0.29, 0.717) is 6.42 Å². The third kappa shape index (κ3) is 17.5. The Hall–Kier alpha value is -1.32. The van der Waals surface area contributed by atoms with Crippen molar-refractivity contribution < 1.29 is 19.8 Å². The summed E-state index contributed by atoms with van der Waals surface area (Å²) in [5.74, 6) is -2.74. The van der Waals surface area contributed by atoms with E-state index in [1.807, 2.05) is 0 Å². The van der Waals surface area contributed by atoms with E-state index >= 15 is 0 Å². The second-order valence-corrected chi connectivity index (χ2v) is 7.36. The minimum atomic E-state index is -1.02. The number of carbonyl (C=O) groups is 2. The third-order valence-electron chi connectivity index (χ3n) is 4.83. The van der Waals surface area contributed by atoms with E-state index in [-0.39, 0.29) is 6.42 Å². The van der Waals surface area contributed by atoms with Crippen molar-refractivity contribution >= 4 is 11.9 Å². The lowest BCUT2D eigenvalue weighted by Gasteiger charge is -2.09. The molecule has 0 amide bonds. The predicted octanol–water partition coefficient (Wildman–Crippen LogP) is 6.59. The minimum absolute atomic E-state index is 0.261. The Morgan fingerprint density at radius 1 is 0.731 bits per heavy atom. The average molecular weight is 369 g/mol. The van der Waals surface area contributed by atoms with Crippen LogP contribution in [-0.2, 0) is 9.59 Å². The number of carboxylic acid groups (broad SMARTS) is 2. The maximum Gasteiger partial charge on any atom is 0.307 e. The maximum absolute atomic E-state index is 11.0. The zero-order chi connectivity index (χ0) is 19.5. The van der Waals surface area contributed by atoms with E-state index in [4.69, 9.17) is 10.2 Å². The number of hydrogen-bond acceptors (Lipinski definition) is 2. The SMILES string of the molecule is CCCCCCC=CCCCCCCCCCCC(CC(=O)O)C(=O)O. The van der Waals surface area contributed by atoms with Crippen LogP contribution in [0.15, 0.2) is 12.2 Å². The highest BCUT2D eigenvalue weighted by Gasteiger charge is 2.20. The van der Waals surface area contributed by atoms with Gasteiger partial charge in [-0.3, -0.25) is 9.59 Å². The van der Waals surface area contributed by atoms with Gasteiger partial charge in [0.1, 0.15) is 0 Å². The van der Waals surface area contributed by atoms with Crippen molar-refractivity contribution in [3.8, 4) is 0 Å². The summed E-state index contributed by atoms with van der Waals surface area (Å²) < 4.78 is 0. The van der Waals surface area contributed by atoms with Crippen LogP contribution >= 0.6 is 0 Å². The normalized spacial score (nSPS) is 12.5. The van der Waals surface area contributed by atoms with E-state index in [1.165, 1.54) is 70.6 Å². The first kappa shape index (κ1) is 24.7. The zero-order valence-corrected chi connectivity index (χ0v) is 16.8. The summed E-state index contributed by atoms with van der Waals surface area (Å²) in [7, 11) is 0. The molecule has 1 unspecified atom stereocenters. The molecule has 0 fully saturated rings. The molecule has 0 spiro atoms. The molecule has 4 nitrogen and oxygen atoms in total. The van der Waals surface area contributed by atoms with Gasteiger partial charge in [0.05, 0.1) is 12.3 Å². The first-order valence-corrected chi connectivity index (χ1v) is 10.7. The molecule has 0 saturated heterocycles. The third-order valence-corrected chi connectivity index (χ3v) is 4.83. The van der Waals surface area contributed by atoms with Crippen molar-refractivity contribution in [2.24, 2.45) is 5.92 Å². The molecule has 4 heteroatoms. The summed E-state index contributed by atoms with van der Waals surface area (Å²) >= 11 is 0. The molecule has 0 aliphatic carbocycles. The lowest BCUT2D eigenvalue weighted by Crippen LogP contribution is -2.17. The molecule has 26 heavy (non-hydrogen) atoms. The van der Waals surface area contributed by atoms with Crippen molar-refractivity contribution in [3.05, 3.63) is 12.2 Å². The highest BCUT2D eigenvalue weighted by Crippen LogP contribution is 2.16. The van der Waals surface area contributed by atoms with E-state index in [9.17, 15) is 9.59 Å². The molecule has 152 valence electrons. The van der Waals surface area contributed by atoms with Crippen LogP contribution in [0.2, 0.25) is 0 Å². The topological polar surface area (TPSA) is 74.6 Å². The van der Waals surface area contributed by atoms with Gasteiger partial charge in [0, 0.05) is 0 Å². The van der Waals surface area contributed by atoms with Crippen molar-refractivity contribution in [2.75, 3.05) is 0 Å². The Morgan fingerprint density at radius 2 is 1.19 bits per heavy atom. The van der Waals surface area contributed by atoms with Crippen LogP contribution in [0.25, 0.3) is 0 Å². The number of unbranched alkanes of at least 4 members (excludes halogenated alkanes) is 12. The van der Waals surface area contributed by atoms with Crippen LogP contribution in [0.5, 0.6) is 0 Å². The lowest BCUT2D eigenvalue weighted by atomic mass is 9.97. The van der Waals surface area contributed by atoms with Crippen LogP contribution in [0, 0.1) is 5.92 Å². The van der Waals surface area contributed by atoms with Crippen LogP contribution < -0.4 is 0 Å². The summed E-state index contributed by atoms with van der Waals surface area (Å²) in [6.45, 7) is 2.24. The maximum atomic E-state index is 11.0. The Balaban J connectivity index is 3.34. The molecule has 0 aromatic carbocycles. The molecule has 0 aromatic rings. The Bertz CT molecular complexity index is 376. The van der Waals surface area contributed by atoms with Gasteiger partial charge in [-0.1, -0.05) is 83.3 Å². The van der Waals surface area contributed by atoms with Crippen molar-refractivity contribution in [3.63, 3.8) is 0 Å². The molecular formula is C22H40O4. The fourth-order valence-corrected chi connectivity index (χ4v) is 3.16. The zero-order valence-electron chi connectivity index (χ0n) is 16.8. The second kappa shape index (κ2) is 18.5.